The van der Waals surface area contributed by atoms with Gasteiger partial charge in [0.05, 0.1) is 0 Å². The van der Waals surface area contributed by atoms with E-state index in [4.69, 9.17) is 12.2 Å². The topological polar surface area (TPSA) is 27.3 Å². The number of hydrogen-bond donors (Lipinski definition) is 2. The largest absolute Gasteiger partial charge is 0.369 e. The van der Waals surface area contributed by atoms with Gasteiger partial charge >= 0.3 is 0 Å². The molecule has 0 atom stereocenters. The van der Waals surface area contributed by atoms with Crippen LogP contribution in [-0.4, -0.2) is 24.2 Å². The number of hydrogen-bond acceptors (Lipinski definition) is 2. The van der Waals surface area contributed by atoms with E-state index in [0.717, 1.165) is 18.8 Å². The summed E-state index contributed by atoms with van der Waals surface area (Å²) in [6.45, 7) is 10.5. The van der Waals surface area contributed by atoms with Crippen LogP contribution >= 0.6 is 12.2 Å². The Bertz CT molecular complexity index is 373. The molecular formula is C14H23N3S. The molecular weight excluding hydrogens is 242 g/mol. The van der Waals surface area contributed by atoms with Crippen molar-refractivity contribution in [2.45, 2.75) is 33.7 Å². The predicted molar refractivity (Wildman–Crippen MR) is 84.5 cm³/mol. The summed E-state index contributed by atoms with van der Waals surface area (Å²) in [7, 11) is 0. The lowest BCUT2D eigenvalue weighted by Crippen LogP contribution is -2.30. The Labute approximate surface area is 116 Å². The number of anilines is 2. The quantitative estimate of drug-likeness (QED) is 0.799. The molecule has 0 heterocycles. The van der Waals surface area contributed by atoms with E-state index in [1.54, 1.807) is 0 Å². The maximum absolute atomic E-state index is 5.15. The summed E-state index contributed by atoms with van der Waals surface area (Å²) < 4.78 is 0. The molecule has 0 saturated carbocycles. The van der Waals surface area contributed by atoms with E-state index in [1.165, 1.54) is 5.69 Å². The molecule has 18 heavy (non-hydrogen) atoms. The number of rotatable bonds is 5. The minimum absolute atomic E-state index is 0.511. The summed E-state index contributed by atoms with van der Waals surface area (Å²) in [6, 6.07) is 8.88. The van der Waals surface area contributed by atoms with Gasteiger partial charge in [0.15, 0.2) is 5.11 Å². The average Bonchev–Trinajstić information content (AvgIpc) is 2.32. The van der Waals surface area contributed by atoms with Gasteiger partial charge in [-0.05, 0) is 64.2 Å². The third-order valence-corrected chi connectivity index (χ3v) is 3.00. The fraction of sp³-hybridized carbons (Fsp3) is 0.500. The first-order chi connectivity index (χ1) is 8.58. The summed E-state index contributed by atoms with van der Waals surface area (Å²) in [6.07, 6.45) is 0. The molecule has 0 amide bonds. The van der Waals surface area contributed by atoms with Crippen LogP contribution in [-0.2, 0) is 0 Å². The number of benzene rings is 1. The van der Waals surface area contributed by atoms with Crippen molar-refractivity contribution >= 4 is 28.7 Å². The van der Waals surface area contributed by atoms with Gasteiger partial charge in [-0.1, -0.05) is 0 Å². The lowest BCUT2D eigenvalue weighted by Gasteiger charge is -2.27. The Morgan fingerprint density at radius 1 is 1.22 bits per heavy atom. The Morgan fingerprint density at radius 2 is 1.83 bits per heavy atom. The number of nitrogens with zero attached hydrogens (tertiary/aromatic N) is 1. The summed E-state index contributed by atoms with van der Waals surface area (Å²) in [4.78, 5) is 2.35. The maximum Gasteiger partial charge on any atom is 0.170 e. The Hall–Kier alpha value is -1.29. The van der Waals surface area contributed by atoms with Crippen LogP contribution in [0.4, 0.5) is 11.4 Å². The van der Waals surface area contributed by atoms with Crippen molar-refractivity contribution in [2.24, 2.45) is 0 Å². The standard InChI is InChI=1S/C14H23N3S/c1-5-15-14(18)16-12-7-9-13(10-8-12)17(6-2)11(3)4/h7-11H,5-6H2,1-4H3,(H2,15,16,18). The summed E-state index contributed by atoms with van der Waals surface area (Å²) >= 11 is 5.15. The van der Waals surface area contributed by atoms with Crippen molar-refractivity contribution in [2.75, 3.05) is 23.3 Å². The van der Waals surface area contributed by atoms with E-state index in [-0.39, 0.29) is 0 Å². The molecule has 0 aliphatic carbocycles. The highest BCUT2D eigenvalue weighted by Gasteiger charge is 2.07. The Morgan fingerprint density at radius 3 is 2.28 bits per heavy atom. The fourth-order valence-corrected chi connectivity index (χ4v) is 2.18. The Kier molecular flexibility index (Phi) is 5.92. The molecule has 4 heteroatoms. The van der Waals surface area contributed by atoms with Crippen molar-refractivity contribution in [3.05, 3.63) is 24.3 Å². The molecule has 100 valence electrons. The second-order valence-electron chi connectivity index (χ2n) is 4.41. The van der Waals surface area contributed by atoms with Gasteiger partial charge in [-0.2, -0.15) is 0 Å². The van der Waals surface area contributed by atoms with E-state index in [0.29, 0.717) is 11.2 Å². The van der Waals surface area contributed by atoms with Crippen molar-refractivity contribution in [3.8, 4) is 0 Å². The second kappa shape index (κ2) is 7.21. The zero-order chi connectivity index (χ0) is 13.5. The Balaban J connectivity index is 2.70. The van der Waals surface area contributed by atoms with Gasteiger partial charge in [0.1, 0.15) is 0 Å². The van der Waals surface area contributed by atoms with Crippen molar-refractivity contribution in [1.82, 2.24) is 5.32 Å². The molecule has 0 radical (unpaired) electrons. The monoisotopic (exact) mass is 265 g/mol. The third kappa shape index (κ3) is 4.18. The predicted octanol–water partition coefficient (Wildman–Crippen LogP) is 3.23. The molecule has 1 rings (SSSR count). The van der Waals surface area contributed by atoms with Crippen molar-refractivity contribution in [3.63, 3.8) is 0 Å². The van der Waals surface area contributed by atoms with Gasteiger partial charge < -0.3 is 15.5 Å². The molecule has 0 aliphatic rings. The lowest BCUT2D eigenvalue weighted by molar-refractivity contribution is 0.704. The minimum Gasteiger partial charge on any atom is -0.369 e. The smallest absolute Gasteiger partial charge is 0.170 e. The molecule has 1 aromatic rings. The van der Waals surface area contributed by atoms with E-state index in [2.05, 4.69) is 60.6 Å². The van der Waals surface area contributed by atoms with Gasteiger partial charge in [-0.3, -0.25) is 0 Å². The molecule has 0 saturated heterocycles. The second-order valence-corrected chi connectivity index (χ2v) is 4.82. The molecule has 0 unspecified atom stereocenters. The zero-order valence-electron chi connectivity index (χ0n) is 11.7. The van der Waals surface area contributed by atoms with Crippen LogP contribution in [0.5, 0.6) is 0 Å². The molecule has 3 nitrogen and oxygen atoms in total. The van der Waals surface area contributed by atoms with Crippen molar-refractivity contribution in [1.29, 1.82) is 0 Å². The first-order valence-corrected chi connectivity index (χ1v) is 6.90. The normalized spacial score (nSPS) is 10.3. The lowest BCUT2D eigenvalue weighted by atomic mass is 10.2. The van der Waals surface area contributed by atoms with Crippen LogP contribution in [0.1, 0.15) is 27.7 Å². The van der Waals surface area contributed by atoms with E-state index >= 15 is 0 Å². The van der Waals surface area contributed by atoms with Crippen LogP contribution in [0, 0.1) is 0 Å². The van der Waals surface area contributed by atoms with Gasteiger partial charge in [0, 0.05) is 30.5 Å². The van der Waals surface area contributed by atoms with E-state index < -0.39 is 0 Å². The SMILES string of the molecule is CCNC(=S)Nc1ccc(N(CC)C(C)C)cc1. The summed E-state index contributed by atoms with van der Waals surface area (Å²) in [5.74, 6) is 0. The minimum atomic E-state index is 0.511. The number of nitrogens with one attached hydrogen (secondary N) is 2. The average molecular weight is 265 g/mol. The zero-order valence-corrected chi connectivity index (χ0v) is 12.5. The molecule has 1 aromatic carbocycles. The third-order valence-electron chi connectivity index (χ3n) is 2.76. The van der Waals surface area contributed by atoms with Crippen LogP contribution in [0.15, 0.2) is 24.3 Å². The van der Waals surface area contributed by atoms with Crippen LogP contribution < -0.4 is 15.5 Å². The first-order valence-electron chi connectivity index (χ1n) is 6.50. The van der Waals surface area contributed by atoms with Crippen molar-refractivity contribution < 1.29 is 0 Å². The highest BCUT2D eigenvalue weighted by molar-refractivity contribution is 7.80. The van der Waals surface area contributed by atoms with E-state index in [1.807, 2.05) is 6.92 Å². The van der Waals surface area contributed by atoms with Gasteiger partial charge in [0.25, 0.3) is 0 Å². The van der Waals surface area contributed by atoms with Gasteiger partial charge in [-0.15, -0.1) is 0 Å². The van der Waals surface area contributed by atoms with Crippen LogP contribution in [0.25, 0.3) is 0 Å². The highest BCUT2D eigenvalue weighted by atomic mass is 32.1. The van der Waals surface area contributed by atoms with Gasteiger partial charge in [0.2, 0.25) is 0 Å². The molecule has 2 N–H and O–H groups in total. The van der Waals surface area contributed by atoms with Crippen LogP contribution in [0.2, 0.25) is 0 Å². The highest BCUT2D eigenvalue weighted by Crippen LogP contribution is 2.19. The fourth-order valence-electron chi connectivity index (χ4n) is 1.92. The first kappa shape index (κ1) is 14.8. The number of thiocarbonyl (C=S) groups is 1. The van der Waals surface area contributed by atoms with Crippen LogP contribution in [0.3, 0.4) is 0 Å². The molecule has 0 fully saturated rings. The molecule has 0 aromatic heterocycles. The summed E-state index contributed by atoms with van der Waals surface area (Å²) in [5.41, 5.74) is 2.26. The summed E-state index contributed by atoms with van der Waals surface area (Å²) in [5, 5.41) is 6.90. The molecule has 0 aliphatic heterocycles. The molecule has 0 bridgehead atoms. The van der Waals surface area contributed by atoms with E-state index in [9.17, 15) is 0 Å². The molecule has 0 spiro atoms. The van der Waals surface area contributed by atoms with Gasteiger partial charge in [-0.25, -0.2) is 0 Å². The maximum atomic E-state index is 5.15.